The topological polar surface area (TPSA) is 64.4 Å². The molecule has 0 bridgehead atoms. The van der Waals surface area contributed by atoms with E-state index in [-0.39, 0.29) is 5.56 Å². The van der Waals surface area contributed by atoms with Crippen LogP contribution in [0.2, 0.25) is 0 Å². The molecule has 0 fully saturated rings. The van der Waals surface area contributed by atoms with Crippen molar-refractivity contribution in [3.05, 3.63) is 83.7 Å². The van der Waals surface area contributed by atoms with Crippen molar-refractivity contribution in [1.29, 1.82) is 0 Å². The van der Waals surface area contributed by atoms with Crippen molar-refractivity contribution in [3.63, 3.8) is 0 Å². The molecule has 0 radical (unpaired) electrons. The molecule has 9 heteroatoms. The largest absolute Gasteiger partial charge is 0.491 e. The predicted octanol–water partition coefficient (Wildman–Crippen LogP) is 6.41. The molecule has 38 heavy (non-hydrogen) atoms. The van der Waals surface area contributed by atoms with Crippen molar-refractivity contribution in [2.24, 2.45) is 0 Å². The molecule has 0 aliphatic carbocycles. The molecule has 0 aliphatic heterocycles. The number of halogens is 3. The lowest BCUT2D eigenvalue weighted by atomic mass is 9.97. The van der Waals surface area contributed by atoms with E-state index in [1.54, 1.807) is 36.4 Å². The van der Waals surface area contributed by atoms with Crippen LogP contribution >= 0.6 is 0 Å². The number of rotatable bonds is 8. The number of aromatic nitrogens is 2. The van der Waals surface area contributed by atoms with Gasteiger partial charge in [0, 0.05) is 32.7 Å². The van der Waals surface area contributed by atoms with Gasteiger partial charge in [-0.2, -0.15) is 13.2 Å². The van der Waals surface area contributed by atoms with Crippen molar-refractivity contribution < 1.29 is 27.5 Å². The molecule has 0 aliphatic rings. The monoisotopic (exact) mass is 523 g/mol. The number of hydrogen-bond acceptors (Lipinski definition) is 5. The molecular weight excluding hydrogens is 495 g/mol. The summed E-state index contributed by atoms with van der Waals surface area (Å²) in [5.41, 5.74) is 4.24. The number of alkyl halides is 3. The molecule has 0 atom stereocenters. The molecule has 1 heterocycles. The minimum absolute atomic E-state index is 0.125. The van der Waals surface area contributed by atoms with Gasteiger partial charge < -0.3 is 14.2 Å². The van der Waals surface area contributed by atoms with Crippen LogP contribution in [-0.4, -0.2) is 41.8 Å². The van der Waals surface area contributed by atoms with Crippen LogP contribution < -0.4 is 4.90 Å². The van der Waals surface area contributed by atoms with Gasteiger partial charge in [0.25, 0.3) is 0 Å². The first kappa shape index (κ1) is 26.9. The van der Waals surface area contributed by atoms with E-state index in [0.717, 1.165) is 41.8 Å². The fraction of sp³-hybridized carbons (Fsp3) is 0.276. The summed E-state index contributed by atoms with van der Waals surface area (Å²) in [6.07, 6.45) is -2.61. The standard InChI is InChI=1S/C29H28F3N3O3/c1-4-5-11-26-33-24-15-13-21(34(2)3)17-25(24)35(26)18-19-12-14-22(20-9-7-6-8-10-20)23(16-19)27(36)38-28(37)29(30,31)32/h6-10,12-17H,4-5,11,18H2,1-3H3. The van der Waals surface area contributed by atoms with Gasteiger partial charge in [-0.05, 0) is 47.4 Å². The highest BCUT2D eigenvalue weighted by molar-refractivity contribution is 6.03. The van der Waals surface area contributed by atoms with E-state index in [1.165, 1.54) is 6.07 Å². The Kier molecular flexibility index (Phi) is 7.85. The lowest BCUT2D eigenvalue weighted by molar-refractivity contribution is -0.193. The van der Waals surface area contributed by atoms with Crippen LogP contribution in [-0.2, 0) is 22.5 Å². The summed E-state index contributed by atoms with van der Waals surface area (Å²) in [7, 11) is 3.89. The predicted molar refractivity (Wildman–Crippen MR) is 140 cm³/mol. The maximum atomic E-state index is 12.8. The minimum Gasteiger partial charge on any atom is -0.383 e. The highest BCUT2D eigenvalue weighted by Crippen LogP contribution is 2.29. The molecule has 0 saturated carbocycles. The smallest absolute Gasteiger partial charge is 0.383 e. The average Bonchev–Trinajstić information content (AvgIpc) is 3.23. The maximum Gasteiger partial charge on any atom is 0.491 e. The van der Waals surface area contributed by atoms with Gasteiger partial charge in [0.05, 0.1) is 16.6 Å². The molecule has 0 spiro atoms. The van der Waals surface area contributed by atoms with Crippen LogP contribution in [0.5, 0.6) is 0 Å². The second-order valence-corrected chi connectivity index (χ2v) is 9.21. The first-order valence-corrected chi connectivity index (χ1v) is 12.3. The van der Waals surface area contributed by atoms with Crippen molar-refractivity contribution >= 4 is 28.7 Å². The number of fused-ring (bicyclic) bond motifs is 1. The molecule has 0 amide bonds. The molecule has 4 rings (SSSR count). The Morgan fingerprint density at radius 3 is 2.39 bits per heavy atom. The maximum absolute atomic E-state index is 12.8. The van der Waals surface area contributed by atoms with Crippen LogP contribution in [0.3, 0.4) is 0 Å². The highest BCUT2D eigenvalue weighted by Gasteiger charge is 2.42. The molecule has 198 valence electrons. The number of imidazole rings is 1. The second-order valence-electron chi connectivity index (χ2n) is 9.21. The zero-order valence-corrected chi connectivity index (χ0v) is 21.4. The van der Waals surface area contributed by atoms with Crippen molar-refractivity contribution in [1.82, 2.24) is 9.55 Å². The van der Waals surface area contributed by atoms with Gasteiger partial charge in [0.1, 0.15) is 5.82 Å². The Balaban J connectivity index is 1.79. The number of hydrogen-bond donors (Lipinski definition) is 0. The molecule has 0 unspecified atom stereocenters. The number of unbranched alkanes of at least 4 members (excludes halogenated alkanes) is 1. The van der Waals surface area contributed by atoms with Gasteiger partial charge in [-0.15, -0.1) is 0 Å². The molecule has 0 saturated heterocycles. The summed E-state index contributed by atoms with van der Waals surface area (Å²) in [4.78, 5) is 31.1. The number of nitrogens with zero attached hydrogens (tertiary/aromatic N) is 3. The Hall–Kier alpha value is -4.14. The Morgan fingerprint density at radius 1 is 1.00 bits per heavy atom. The molecule has 1 aromatic heterocycles. The number of esters is 2. The summed E-state index contributed by atoms with van der Waals surface area (Å²) in [5, 5.41) is 0. The van der Waals surface area contributed by atoms with Gasteiger partial charge in [-0.25, -0.2) is 14.6 Å². The van der Waals surface area contributed by atoms with Crippen molar-refractivity contribution in [2.75, 3.05) is 19.0 Å². The third kappa shape index (κ3) is 5.88. The third-order valence-corrected chi connectivity index (χ3v) is 6.23. The van der Waals surface area contributed by atoms with Crippen molar-refractivity contribution in [2.45, 2.75) is 38.9 Å². The fourth-order valence-electron chi connectivity index (χ4n) is 4.25. The van der Waals surface area contributed by atoms with Crippen molar-refractivity contribution in [3.8, 4) is 11.1 Å². The van der Waals surface area contributed by atoms with E-state index < -0.39 is 18.1 Å². The summed E-state index contributed by atoms with van der Waals surface area (Å²) >= 11 is 0. The highest BCUT2D eigenvalue weighted by atomic mass is 19.4. The Morgan fingerprint density at radius 2 is 1.74 bits per heavy atom. The van der Waals surface area contributed by atoms with Crippen LogP contribution in [0.15, 0.2) is 66.7 Å². The van der Waals surface area contributed by atoms with Gasteiger partial charge in [0.2, 0.25) is 0 Å². The number of carbonyl (C=O) groups is 2. The fourth-order valence-corrected chi connectivity index (χ4v) is 4.25. The number of carbonyl (C=O) groups excluding carboxylic acids is 2. The van der Waals surface area contributed by atoms with E-state index in [0.29, 0.717) is 23.2 Å². The van der Waals surface area contributed by atoms with Crippen LogP contribution in [0.1, 0.15) is 41.5 Å². The number of benzene rings is 3. The van der Waals surface area contributed by atoms with Crippen LogP contribution in [0.4, 0.5) is 18.9 Å². The zero-order valence-electron chi connectivity index (χ0n) is 21.4. The third-order valence-electron chi connectivity index (χ3n) is 6.23. The summed E-state index contributed by atoms with van der Waals surface area (Å²) in [6, 6.07) is 19.7. The van der Waals surface area contributed by atoms with Crippen LogP contribution in [0.25, 0.3) is 22.2 Å². The van der Waals surface area contributed by atoms with Gasteiger partial charge in [-0.3, -0.25) is 0 Å². The quantitative estimate of drug-likeness (QED) is 0.197. The Bertz CT molecular complexity index is 1460. The molecular formula is C29H28F3N3O3. The van der Waals surface area contributed by atoms with E-state index in [1.807, 2.05) is 43.3 Å². The SMILES string of the molecule is CCCCc1nc2ccc(N(C)C)cc2n1Cc1ccc(-c2ccccc2)c(C(=O)OC(=O)C(F)(F)F)c1. The lowest BCUT2D eigenvalue weighted by Crippen LogP contribution is -2.28. The first-order valence-electron chi connectivity index (χ1n) is 12.3. The van der Waals surface area contributed by atoms with Gasteiger partial charge >= 0.3 is 18.1 Å². The zero-order chi connectivity index (χ0) is 27.4. The first-order chi connectivity index (χ1) is 18.1. The molecule has 0 N–H and O–H groups in total. The number of ether oxygens (including phenoxy) is 1. The van der Waals surface area contributed by atoms with E-state index in [9.17, 15) is 22.8 Å². The summed E-state index contributed by atoms with van der Waals surface area (Å²) in [6.45, 7) is 2.43. The summed E-state index contributed by atoms with van der Waals surface area (Å²) in [5.74, 6) is -3.03. The average molecular weight is 524 g/mol. The van der Waals surface area contributed by atoms with E-state index in [4.69, 9.17) is 4.98 Å². The lowest BCUT2D eigenvalue weighted by Gasteiger charge is -2.15. The van der Waals surface area contributed by atoms with Gasteiger partial charge in [-0.1, -0.05) is 55.8 Å². The summed E-state index contributed by atoms with van der Waals surface area (Å²) < 4.78 is 44.7. The normalized spacial score (nSPS) is 11.5. The van der Waals surface area contributed by atoms with Crippen LogP contribution in [0, 0.1) is 0 Å². The van der Waals surface area contributed by atoms with E-state index in [2.05, 4.69) is 16.2 Å². The molecule has 3 aromatic carbocycles. The number of aryl methyl sites for hydroxylation is 1. The Labute approximate surface area is 218 Å². The van der Waals surface area contributed by atoms with E-state index >= 15 is 0 Å². The molecule has 6 nitrogen and oxygen atoms in total. The molecule has 4 aromatic rings. The number of anilines is 1. The minimum atomic E-state index is -5.28. The second kappa shape index (κ2) is 11.1. The van der Waals surface area contributed by atoms with Gasteiger partial charge in [0.15, 0.2) is 0 Å².